The van der Waals surface area contributed by atoms with Gasteiger partial charge in [0.2, 0.25) is 0 Å². The Kier molecular flexibility index (Phi) is 8.42. The van der Waals surface area contributed by atoms with Crippen molar-refractivity contribution in [1.82, 2.24) is 10.2 Å². The minimum absolute atomic E-state index is 0. The van der Waals surface area contributed by atoms with Crippen LogP contribution in [0.4, 0.5) is 0 Å². The molecule has 5 heteroatoms. The Morgan fingerprint density at radius 2 is 1.91 bits per heavy atom. The molecule has 1 aromatic carbocycles. The molecule has 1 heterocycles. The summed E-state index contributed by atoms with van der Waals surface area (Å²) in [5.74, 6) is 1.55. The van der Waals surface area contributed by atoms with E-state index in [1.165, 1.54) is 5.56 Å². The number of hydrogen-bond acceptors (Lipinski definition) is 3. The number of amides is 1. The van der Waals surface area contributed by atoms with E-state index in [2.05, 4.69) is 12.2 Å². The van der Waals surface area contributed by atoms with Crippen LogP contribution in [0.2, 0.25) is 0 Å². The highest BCUT2D eigenvalue weighted by atomic mass is 35.5. The summed E-state index contributed by atoms with van der Waals surface area (Å²) in [6.07, 6.45) is 1.74. The first-order valence-electron chi connectivity index (χ1n) is 8.33. The fourth-order valence-corrected chi connectivity index (χ4v) is 2.83. The fourth-order valence-electron chi connectivity index (χ4n) is 2.83. The molecule has 1 aliphatic rings. The van der Waals surface area contributed by atoms with Crippen molar-refractivity contribution in [2.75, 3.05) is 26.2 Å². The zero-order valence-electron chi connectivity index (χ0n) is 14.4. The van der Waals surface area contributed by atoms with Crippen molar-refractivity contribution in [1.29, 1.82) is 0 Å². The van der Waals surface area contributed by atoms with Crippen LogP contribution in [-0.2, 0) is 4.79 Å². The standard InChI is InChI=1S/C18H28N2O2.ClH/c1-4-19-13-16-9-11-20(12-10-16)18(21)15(3)22-17-7-5-14(2)6-8-17;/h5-8,15-16,19H,4,9-13H2,1-3H3;1H. The number of carbonyl (C=O) groups is 1. The number of benzene rings is 1. The molecule has 4 nitrogen and oxygen atoms in total. The summed E-state index contributed by atoms with van der Waals surface area (Å²) in [7, 11) is 0. The van der Waals surface area contributed by atoms with Crippen molar-refractivity contribution in [3.63, 3.8) is 0 Å². The highest BCUT2D eigenvalue weighted by Gasteiger charge is 2.26. The molecular formula is C18H29ClN2O2. The van der Waals surface area contributed by atoms with Gasteiger partial charge in [-0.15, -0.1) is 12.4 Å². The molecule has 0 aromatic heterocycles. The molecule has 1 atom stereocenters. The van der Waals surface area contributed by atoms with Gasteiger partial charge in [-0.2, -0.15) is 0 Å². The second-order valence-electron chi connectivity index (χ2n) is 6.15. The topological polar surface area (TPSA) is 41.6 Å². The molecule has 0 spiro atoms. The molecule has 0 radical (unpaired) electrons. The Bertz CT molecular complexity index is 470. The number of halogens is 1. The first kappa shape index (κ1) is 19.8. The third kappa shape index (κ3) is 6.04. The number of ether oxygens (including phenoxy) is 1. The van der Waals surface area contributed by atoms with Crippen LogP contribution in [0.5, 0.6) is 5.75 Å². The third-order valence-electron chi connectivity index (χ3n) is 4.29. The Labute approximate surface area is 146 Å². The van der Waals surface area contributed by atoms with Crippen LogP contribution in [0, 0.1) is 12.8 Å². The lowest BCUT2D eigenvalue weighted by Crippen LogP contribution is -2.45. The Balaban J connectivity index is 0.00000264. The number of likely N-dealkylation sites (tertiary alicyclic amines) is 1. The maximum absolute atomic E-state index is 12.5. The van der Waals surface area contributed by atoms with Crippen molar-refractivity contribution in [3.8, 4) is 5.75 Å². The van der Waals surface area contributed by atoms with Crippen LogP contribution in [0.3, 0.4) is 0 Å². The van der Waals surface area contributed by atoms with Crippen LogP contribution in [0.15, 0.2) is 24.3 Å². The lowest BCUT2D eigenvalue weighted by Gasteiger charge is -2.33. The predicted molar refractivity (Wildman–Crippen MR) is 96.4 cm³/mol. The molecule has 2 rings (SSSR count). The molecule has 1 aromatic rings. The molecule has 0 bridgehead atoms. The molecule has 1 aliphatic heterocycles. The summed E-state index contributed by atoms with van der Waals surface area (Å²) in [4.78, 5) is 14.4. The van der Waals surface area contributed by atoms with Gasteiger partial charge in [0.25, 0.3) is 5.91 Å². The van der Waals surface area contributed by atoms with E-state index in [0.717, 1.165) is 44.8 Å². The molecule has 23 heavy (non-hydrogen) atoms. The molecule has 1 unspecified atom stereocenters. The van der Waals surface area contributed by atoms with Gasteiger partial charge in [0.05, 0.1) is 0 Å². The van der Waals surface area contributed by atoms with Gasteiger partial charge in [-0.3, -0.25) is 4.79 Å². The van der Waals surface area contributed by atoms with Gasteiger partial charge in [0, 0.05) is 13.1 Å². The van der Waals surface area contributed by atoms with E-state index in [0.29, 0.717) is 5.92 Å². The number of nitrogens with zero attached hydrogens (tertiary/aromatic N) is 1. The summed E-state index contributed by atoms with van der Waals surface area (Å²) in [5, 5.41) is 3.39. The van der Waals surface area contributed by atoms with Gasteiger partial charge >= 0.3 is 0 Å². The third-order valence-corrected chi connectivity index (χ3v) is 4.29. The van der Waals surface area contributed by atoms with Crippen molar-refractivity contribution >= 4 is 18.3 Å². The second kappa shape index (κ2) is 9.78. The smallest absolute Gasteiger partial charge is 0.263 e. The lowest BCUT2D eigenvalue weighted by atomic mass is 9.96. The number of nitrogens with one attached hydrogen (secondary N) is 1. The van der Waals surface area contributed by atoms with Gasteiger partial charge < -0.3 is 15.0 Å². The van der Waals surface area contributed by atoms with Gasteiger partial charge in [0.15, 0.2) is 6.10 Å². The number of aryl methyl sites for hydroxylation is 1. The van der Waals surface area contributed by atoms with Crippen LogP contribution in [-0.4, -0.2) is 43.1 Å². The number of carbonyl (C=O) groups excluding carboxylic acids is 1. The summed E-state index contributed by atoms with van der Waals surface area (Å²) in [6.45, 7) is 9.77. The summed E-state index contributed by atoms with van der Waals surface area (Å²) >= 11 is 0. The summed E-state index contributed by atoms with van der Waals surface area (Å²) < 4.78 is 5.77. The average Bonchev–Trinajstić information content (AvgIpc) is 2.55. The molecule has 1 fully saturated rings. The fraction of sp³-hybridized carbons (Fsp3) is 0.611. The molecule has 0 saturated carbocycles. The zero-order valence-corrected chi connectivity index (χ0v) is 15.2. The second-order valence-corrected chi connectivity index (χ2v) is 6.15. The van der Waals surface area contributed by atoms with E-state index in [4.69, 9.17) is 4.74 Å². The zero-order chi connectivity index (χ0) is 15.9. The highest BCUT2D eigenvalue weighted by molar-refractivity contribution is 5.85. The van der Waals surface area contributed by atoms with E-state index in [9.17, 15) is 4.79 Å². The molecule has 1 amide bonds. The monoisotopic (exact) mass is 340 g/mol. The SMILES string of the molecule is CCNCC1CCN(C(=O)C(C)Oc2ccc(C)cc2)CC1.Cl. The summed E-state index contributed by atoms with van der Waals surface area (Å²) in [5.41, 5.74) is 1.19. The van der Waals surface area contributed by atoms with Gasteiger partial charge in [0.1, 0.15) is 5.75 Å². The molecule has 1 N–H and O–H groups in total. The molecule has 130 valence electrons. The number of hydrogen-bond donors (Lipinski definition) is 1. The van der Waals surface area contributed by atoms with Crippen molar-refractivity contribution in [2.45, 2.75) is 39.7 Å². The Morgan fingerprint density at radius 3 is 2.48 bits per heavy atom. The summed E-state index contributed by atoms with van der Waals surface area (Å²) in [6, 6.07) is 7.83. The first-order chi connectivity index (χ1) is 10.6. The molecule has 0 aliphatic carbocycles. The highest BCUT2D eigenvalue weighted by Crippen LogP contribution is 2.19. The maximum atomic E-state index is 12.5. The van der Waals surface area contributed by atoms with Gasteiger partial charge in [-0.1, -0.05) is 24.6 Å². The van der Waals surface area contributed by atoms with Crippen LogP contribution in [0.25, 0.3) is 0 Å². The molecular weight excluding hydrogens is 312 g/mol. The number of rotatable bonds is 6. The quantitative estimate of drug-likeness (QED) is 0.865. The predicted octanol–water partition coefficient (Wildman–Crippen LogP) is 3.03. The Hall–Kier alpha value is -1.26. The Morgan fingerprint density at radius 1 is 1.30 bits per heavy atom. The lowest BCUT2D eigenvalue weighted by molar-refractivity contribution is -0.139. The van der Waals surface area contributed by atoms with E-state index < -0.39 is 6.10 Å². The van der Waals surface area contributed by atoms with Crippen molar-refractivity contribution in [2.24, 2.45) is 5.92 Å². The van der Waals surface area contributed by atoms with Crippen molar-refractivity contribution in [3.05, 3.63) is 29.8 Å². The maximum Gasteiger partial charge on any atom is 0.263 e. The van der Waals surface area contributed by atoms with E-state index in [-0.39, 0.29) is 18.3 Å². The van der Waals surface area contributed by atoms with Crippen LogP contribution in [0.1, 0.15) is 32.3 Å². The average molecular weight is 341 g/mol. The van der Waals surface area contributed by atoms with E-state index >= 15 is 0 Å². The van der Waals surface area contributed by atoms with E-state index in [1.807, 2.05) is 43.0 Å². The van der Waals surface area contributed by atoms with Gasteiger partial charge in [-0.05, 0) is 57.8 Å². The minimum atomic E-state index is -0.423. The van der Waals surface area contributed by atoms with E-state index in [1.54, 1.807) is 0 Å². The van der Waals surface area contributed by atoms with Crippen LogP contribution < -0.4 is 10.1 Å². The largest absolute Gasteiger partial charge is 0.481 e. The molecule has 1 saturated heterocycles. The van der Waals surface area contributed by atoms with Crippen LogP contribution >= 0.6 is 12.4 Å². The number of piperidine rings is 1. The van der Waals surface area contributed by atoms with Crippen molar-refractivity contribution < 1.29 is 9.53 Å². The van der Waals surface area contributed by atoms with Gasteiger partial charge in [-0.25, -0.2) is 0 Å². The minimum Gasteiger partial charge on any atom is -0.481 e. The normalized spacial score (nSPS) is 16.6. The first-order valence-corrected chi connectivity index (χ1v) is 8.33.